The molecule has 3 N–H and O–H groups in total. The van der Waals surface area contributed by atoms with Crippen LogP contribution < -0.4 is 15.2 Å². The maximum atomic E-state index is 11.9. The van der Waals surface area contributed by atoms with Crippen molar-refractivity contribution in [3.63, 3.8) is 0 Å². The second-order valence-corrected chi connectivity index (χ2v) is 5.25. The Morgan fingerprint density at radius 1 is 1.44 bits per heavy atom. The summed E-state index contributed by atoms with van der Waals surface area (Å²) < 4.78 is 31.2. The topological polar surface area (TPSA) is 81.4 Å². The van der Waals surface area contributed by atoms with Gasteiger partial charge in [0.05, 0.1) is 17.7 Å². The van der Waals surface area contributed by atoms with E-state index in [9.17, 15) is 8.42 Å². The summed E-state index contributed by atoms with van der Waals surface area (Å²) in [6.45, 7) is 1.98. The zero-order chi connectivity index (χ0) is 13.6. The molecule has 0 unspecified atom stereocenters. The van der Waals surface area contributed by atoms with Crippen molar-refractivity contribution in [3.8, 4) is 17.6 Å². The highest BCUT2D eigenvalue weighted by atomic mass is 32.2. The van der Waals surface area contributed by atoms with Gasteiger partial charge in [-0.15, -0.1) is 11.8 Å². The molecule has 0 spiro atoms. The van der Waals surface area contributed by atoms with Gasteiger partial charge in [-0.3, -0.25) is 0 Å². The highest BCUT2D eigenvalue weighted by Crippen LogP contribution is 2.24. The van der Waals surface area contributed by atoms with E-state index in [4.69, 9.17) is 10.5 Å². The Hall–Kier alpha value is -1.71. The second-order valence-electron chi connectivity index (χ2n) is 3.48. The quantitative estimate of drug-likeness (QED) is 0.473. The summed E-state index contributed by atoms with van der Waals surface area (Å²) in [4.78, 5) is 0.116. The molecular formula is C12H16N2O3S. The molecule has 6 heteroatoms. The van der Waals surface area contributed by atoms with Gasteiger partial charge in [-0.25, -0.2) is 13.1 Å². The molecular weight excluding hydrogens is 252 g/mol. The van der Waals surface area contributed by atoms with Gasteiger partial charge >= 0.3 is 0 Å². The molecule has 0 fully saturated rings. The van der Waals surface area contributed by atoms with Crippen molar-refractivity contribution in [2.45, 2.75) is 18.2 Å². The van der Waals surface area contributed by atoms with Crippen molar-refractivity contribution < 1.29 is 13.2 Å². The predicted octanol–water partition coefficient (Wildman–Crippen LogP) is 0.969. The van der Waals surface area contributed by atoms with Crippen LogP contribution in [-0.4, -0.2) is 22.1 Å². The zero-order valence-electron chi connectivity index (χ0n) is 10.4. The van der Waals surface area contributed by atoms with Crippen LogP contribution >= 0.6 is 0 Å². The van der Waals surface area contributed by atoms with Crippen molar-refractivity contribution in [1.82, 2.24) is 4.72 Å². The van der Waals surface area contributed by atoms with Gasteiger partial charge in [0.15, 0.2) is 0 Å². The third kappa shape index (κ3) is 3.65. The Labute approximate surface area is 107 Å². The minimum atomic E-state index is -3.54. The first-order chi connectivity index (χ1) is 8.51. The second kappa shape index (κ2) is 6.28. The van der Waals surface area contributed by atoms with Crippen molar-refractivity contribution in [2.75, 3.05) is 19.4 Å². The maximum absolute atomic E-state index is 11.9. The van der Waals surface area contributed by atoms with Crippen LogP contribution in [0.15, 0.2) is 23.1 Å². The first kappa shape index (κ1) is 14.4. The molecule has 0 atom stereocenters. The molecule has 1 aromatic carbocycles. The highest BCUT2D eigenvalue weighted by Gasteiger charge is 2.14. The van der Waals surface area contributed by atoms with Gasteiger partial charge in [-0.1, -0.05) is 0 Å². The standard InChI is InChI=1S/C12H16N2O3S/c1-3-4-5-8-14-18(15,16)10-6-7-12(17-2)11(13)9-10/h6-7,9,14H,5,8,13H2,1-2H3. The molecule has 0 aliphatic heterocycles. The van der Waals surface area contributed by atoms with E-state index >= 15 is 0 Å². The van der Waals surface area contributed by atoms with E-state index in [1.807, 2.05) is 0 Å². The van der Waals surface area contributed by atoms with Crippen LogP contribution in [0.3, 0.4) is 0 Å². The lowest BCUT2D eigenvalue weighted by molar-refractivity contribution is 0.416. The average Bonchev–Trinajstić information content (AvgIpc) is 2.34. The van der Waals surface area contributed by atoms with Gasteiger partial charge < -0.3 is 10.5 Å². The summed E-state index contributed by atoms with van der Waals surface area (Å²) in [5, 5.41) is 0. The van der Waals surface area contributed by atoms with Gasteiger partial charge in [0, 0.05) is 13.0 Å². The normalized spacial score (nSPS) is 10.6. The van der Waals surface area contributed by atoms with Gasteiger partial charge in [-0.05, 0) is 25.1 Å². The monoisotopic (exact) mass is 268 g/mol. The minimum absolute atomic E-state index is 0.116. The number of nitrogens with one attached hydrogen (secondary N) is 1. The van der Waals surface area contributed by atoms with Crippen LogP contribution in [0.1, 0.15) is 13.3 Å². The fraction of sp³-hybridized carbons (Fsp3) is 0.333. The highest BCUT2D eigenvalue weighted by molar-refractivity contribution is 7.89. The van der Waals surface area contributed by atoms with E-state index in [1.165, 1.54) is 25.3 Å². The Kier molecular flexibility index (Phi) is 5.01. The van der Waals surface area contributed by atoms with Crippen molar-refractivity contribution in [3.05, 3.63) is 18.2 Å². The summed E-state index contributed by atoms with van der Waals surface area (Å²) in [6, 6.07) is 4.34. The number of benzene rings is 1. The number of rotatable bonds is 5. The van der Waals surface area contributed by atoms with Crippen LogP contribution in [0.25, 0.3) is 0 Å². The lowest BCUT2D eigenvalue weighted by atomic mass is 10.3. The Balaban J connectivity index is 2.84. The average molecular weight is 268 g/mol. The molecule has 0 radical (unpaired) electrons. The fourth-order valence-electron chi connectivity index (χ4n) is 1.34. The summed E-state index contributed by atoms with van der Waals surface area (Å²) in [7, 11) is -2.07. The minimum Gasteiger partial charge on any atom is -0.495 e. The van der Waals surface area contributed by atoms with Crippen LogP contribution in [0.5, 0.6) is 5.75 Å². The van der Waals surface area contributed by atoms with E-state index in [0.717, 1.165) is 0 Å². The number of methoxy groups -OCH3 is 1. The summed E-state index contributed by atoms with van der Waals surface area (Å²) in [5.41, 5.74) is 5.95. The lowest BCUT2D eigenvalue weighted by Gasteiger charge is -2.08. The van der Waals surface area contributed by atoms with E-state index in [1.54, 1.807) is 6.92 Å². The van der Waals surface area contributed by atoms with E-state index in [2.05, 4.69) is 16.6 Å². The van der Waals surface area contributed by atoms with Gasteiger partial charge in [0.25, 0.3) is 0 Å². The first-order valence-electron chi connectivity index (χ1n) is 5.34. The SMILES string of the molecule is CC#CCCNS(=O)(=O)c1ccc(OC)c(N)c1. The van der Waals surface area contributed by atoms with Crippen LogP contribution in [0.4, 0.5) is 5.69 Å². The lowest BCUT2D eigenvalue weighted by Crippen LogP contribution is -2.24. The zero-order valence-corrected chi connectivity index (χ0v) is 11.2. The molecule has 5 nitrogen and oxygen atoms in total. The number of nitrogens with two attached hydrogens (primary N) is 1. The van der Waals surface area contributed by atoms with Crippen molar-refractivity contribution >= 4 is 15.7 Å². The number of hydrogen-bond acceptors (Lipinski definition) is 4. The Morgan fingerprint density at radius 3 is 2.72 bits per heavy atom. The molecule has 0 aliphatic carbocycles. The maximum Gasteiger partial charge on any atom is 0.240 e. The molecule has 0 heterocycles. The molecule has 18 heavy (non-hydrogen) atoms. The van der Waals surface area contributed by atoms with Crippen LogP contribution in [0, 0.1) is 11.8 Å². The number of nitrogen functional groups attached to an aromatic ring is 1. The van der Waals surface area contributed by atoms with E-state index in [0.29, 0.717) is 12.2 Å². The van der Waals surface area contributed by atoms with Crippen molar-refractivity contribution in [2.24, 2.45) is 0 Å². The molecule has 0 aromatic heterocycles. The third-order valence-corrected chi connectivity index (χ3v) is 3.69. The summed E-state index contributed by atoms with van der Waals surface area (Å²) >= 11 is 0. The first-order valence-corrected chi connectivity index (χ1v) is 6.82. The molecule has 0 aliphatic rings. The third-order valence-electron chi connectivity index (χ3n) is 2.23. The molecule has 98 valence electrons. The number of hydrogen-bond donors (Lipinski definition) is 2. The molecule has 0 amide bonds. The van der Waals surface area contributed by atoms with Crippen LogP contribution in [0.2, 0.25) is 0 Å². The molecule has 0 bridgehead atoms. The summed E-state index contributed by atoms with van der Waals surface area (Å²) in [5.74, 6) is 5.93. The van der Waals surface area contributed by atoms with E-state index < -0.39 is 10.0 Å². The molecule has 1 rings (SSSR count). The molecule has 0 saturated heterocycles. The molecule has 0 saturated carbocycles. The van der Waals surface area contributed by atoms with Gasteiger partial charge in [0.2, 0.25) is 10.0 Å². The summed E-state index contributed by atoms with van der Waals surface area (Å²) in [6.07, 6.45) is 0.474. The number of sulfonamides is 1. The number of ether oxygens (including phenoxy) is 1. The van der Waals surface area contributed by atoms with Gasteiger partial charge in [-0.2, -0.15) is 0 Å². The van der Waals surface area contributed by atoms with Gasteiger partial charge in [0.1, 0.15) is 5.75 Å². The predicted molar refractivity (Wildman–Crippen MR) is 70.7 cm³/mol. The fourth-order valence-corrected chi connectivity index (χ4v) is 2.40. The van der Waals surface area contributed by atoms with E-state index in [-0.39, 0.29) is 17.1 Å². The molecule has 1 aromatic rings. The smallest absolute Gasteiger partial charge is 0.240 e. The van der Waals surface area contributed by atoms with Crippen LogP contribution in [-0.2, 0) is 10.0 Å². The number of anilines is 1. The Bertz CT molecular complexity index is 571. The largest absolute Gasteiger partial charge is 0.495 e. The van der Waals surface area contributed by atoms with Crippen molar-refractivity contribution in [1.29, 1.82) is 0 Å². The Morgan fingerprint density at radius 2 is 2.17 bits per heavy atom.